The number of hydrogen-bond donors (Lipinski definition) is 3. The minimum Gasteiger partial charge on any atom is -0.481 e. The zero-order chi connectivity index (χ0) is 15.2. The predicted molar refractivity (Wildman–Crippen MR) is 79.1 cm³/mol. The third-order valence-corrected chi connectivity index (χ3v) is 4.03. The fourth-order valence-corrected chi connectivity index (χ4v) is 2.61. The van der Waals surface area contributed by atoms with Crippen LogP contribution in [0.3, 0.4) is 0 Å². The molecule has 21 heavy (non-hydrogen) atoms. The molecule has 0 saturated heterocycles. The van der Waals surface area contributed by atoms with Gasteiger partial charge in [-0.2, -0.15) is 0 Å². The Bertz CT molecular complexity index is 511. The van der Waals surface area contributed by atoms with Crippen LogP contribution in [0.4, 0.5) is 10.5 Å². The van der Waals surface area contributed by atoms with Crippen LogP contribution in [0.1, 0.15) is 31.2 Å². The summed E-state index contributed by atoms with van der Waals surface area (Å²) >= 11 is 0. The number of amides is 2. The van der Waals surface area contributed by atoms with Gasteiger partial charge in [-0.25, -0.2) is 4.79 Å². The number of carboxylic acid groups (broad SMARTS) is 1. The van der Waals surface area contributed by atoms with Crippen molar-refractivity contribution in [2.24, 2.45) is 11.8 Å². The van der Waals surface area contributed by atoms with Crippen LogP contribution in [0, 0.1) is 18.8 Å². The maximum absolute atomic E-state index is 11.8. The minimum absolute atomic E-state index is 0.215. The molecule has 0 radical (unpaired) electrons. The molecule has 6 nitrogen and oxygen atoms in total. The third-order valence-electron chi connectivity index (χ3n) is 4.03. The number of pyridine rings is 1. The fraction of sp³-hybridized carbons (Fsp3) is 0.533. The number of aliphatic carboxylic acids is 1. The Kier molecular flexibility index (Phi) is 5.14. The minimum atomic E-state index is -0.703. The smallest absolute Gasteiger partial charge is 0.319 e. The molecule has 0 aliphatic heterocycles. The molecule has 3 N–H and O–H groups in total. The van der Waals surface area contributed by atoms with E-state index in [0.29, 0.717) is 31.0 Å². The monoisotopic (exact) mass is 291 g/mol. The molecular formula is C15H21N3O3. The lowest BCUT2D eigenvalue weighted by Gasteiger charge is -2.26. The lowest BCUT2D eigenvalue weighted by molar-refractivity contribution is -0.143. The Hall–Kier alpha value is -2.11. The molecule has 0 atom stereocenters. The molecule has 1 aromatic heterocycles. The maximum Gasteiger partial charge on any atom is 0.319 e. The quantitative estimate of drug-likeness (QED) is 0.794. The molecule has 1 aromatic rings. The van der Waals surface area contributed by atoms with Gasteiger partial charge in [-0.3, -0.25) is 9.78 Å². The Morgan fingerprint density at radius 2 is 2.05 bits per heavy atom. The Labute approximate surface area is 124 Å². The third kappa shape index (κ3) is 4.44. The van der Waals surface area contributed by atoms with Crippen LogP contribution in [0.5, 0.6) is 0 Å². The molecule has 2 amide bonds. The molecular weight excluding hydrogens is 270 g/mol. The molecule has 2 rings (SSSR count). The summed E-state index contributed by atoms with van der Waals surface area (Å²) in [5.41, 5.74) is 1.66. The number of carboxylic acids is 1. The van der Waals surface area contributed by atoms with Crippen molar-refractivity contribution >= 4 is 17.7 Å². The van der Waals surface area contributed by atoms with Gasteiger partial charge in [-0.05, 0) is 50.2 Å². The highest BCUT2D eigenvalue weighted by Gasteiger charge is 2.25. The van der Waals surface area contributed by atoms with Crippen LogP contribution in [-0.2, 0) is 4.79 Å². The summed E-state index contributed by atoms with van der Waals surface area (Å²) in [6.07, 6.45) is 6.40. The molecule has 6 heteroatoms. The second-order valence-electron chi connectivity index (χ2n) is 5.58. The van der Waals surface area contributed by atoms with Crippen molar-refractivity contribution in [1.82, 2.24) is 10.3 Å². The second-order valence-corrected chi connectivity index (χ2v) is 5.58. The number of anilines is 1. The summed E-state index contributed by atoms with van der Waals surface area (Å²) < 4.78 is 0. The van der Waals surface area contributed by atoms with Crippen LogP contribution in [0.2, 0.25) is 0 Å². The zero-order valence-electron chi connectivity index (χ0n) is 12.1. The molecule has 0 aromatic carbocycles. The molecule has 1 aliphatic carbocycles. The van der Waals surface area contributed by atoms with Gasteiger partial charge in [0.2, 0.25) is 0 Å². The topological polar surface area (TPSA) is 91.3 Å². The lowest BCUT2D eigenvalue weighted by atomic mass is 9.82. The van der Waals surface area contributed by atoms with Crippen molar-refractivity contribution < 1.29 is 14.7 Å². The molecule has 1 heterocycles. The average molecular weight is 291 g/mol. The second kappa shape index (κ2) is 7.06. The number of carbonyl (C=O) groups excluding carboxylic acids is 1. The first kappa shape index (κ1) is 15.3. The summed E-state index contributed by atoms with van der Waals surface area (Å²) in [5.74, 6) is -0.555. The molecule has 1 aliphatic rings. The summed E-state index contributed by atoms with van der Waals surface area (Å²) in [4.78, 5) is 26.7. The van der Waals surface area contributed by atoms with E-state index in [-0.39, 0.29) is 11.9 Å². The number of aromatic nitrogens is 1. The summed E-state index contributed by atoms with van der Waals surface area (Å²) in [6, 6.07) is 1.59. The molecule has 0 unspecified atom stereocenters. The number of urea groups is 1. The fourth-order valence-electron chi connectivity index (χ4n) is 2.61. The largest absolute Gasteiger partial charge is 0.481 e. The Morgan fingerprint density at radius 3 is 2.67 bits per heavy atom. The van der Waals surface area contributed by atoms with E-state index in [1.807, 2.05) is 13.0 Å². The van der Waals surface area contributed by atoms with Crippen molar-refractivity contribution in [3.8, 4) is 0 Å². The van der Waals surface area contributed by atoms with E-state index in [9.17, 15) is 9.59 Å². The summed E-state index contributed by atoms with van der Waals surface area (Å²) in [7, 11) is 0. The Morgan fingerprint density at radius 1 is 1.33 bits per heavy atom. The van der Waals surface area contributed by atoms with E-state index in [4.69, 9.17) is 5.11 Å². The van der Waals surface area contributed by atoms with E-state index in [0.717, 1.165) is 18.4 Å². The molecule has 1 fully saturated rings. The van der Waals surface area contributed by atoms with Crippen molar-refractivity contribution in [2.75, 3.05) is 11.9 Å². The summed E-state index contributed by atoms with van der Waals surface area (Å²) in [5, 5.41) is 14.6. The van der Waals surface area contributed by atoms with Crippen LogP contribution in [-0.4, -0.2) is 28.6 Å². The number of nitrogens with one attached hydrogen (secondary N) is 2. The predicted octanol–water partition coefficient (Wildman–Crippen LogP) is 2.40. The Balaban J connectivity index is 1.73. The number of rotatable bonds is 4. The molecule has 114 valence electrons. The van der Waals surface area contributed by atoms with Crippen LogP contribution in [0.25, 0.3) is 0 Å². The van der Waals surface area contributed by atoms with E-state index in [2.05, 4.69) is 15.6 Å². The number of hydrogen-bond acceptors (Lipinski definition) is 3. The highest BCUT2D eigenvalue weighted by atomic mass is 16.4. The zero-order valence-corrected chi connectivity index (χ0v) is 12.1. The van der Waals surface area contributed by atoms with Crippen molar-refractivity contribution in [3.05, 3.63) is 24.0 Å². The number of nitrogens with zero attached hydrogens (tertiary/aromatic N) is 1. The first-order chi connectivity index (χ1) is 10.1. The van der Waals surface area contributed by atoms with Crippen LogP contribution < -0.4 is 10.6 Å². The van der Waals surface area contributed by atoms with Gasteiger partial charge in [0.15, 0.2) is 0 Å². The summed E-state index contributed by atoms with van der Waals surface area (Å²) in [6.45, 7) is 2.49. The molecule has 1 saturated carbocycles. The van der Waals surface area contributed by atoms with Crippen molar-refractivity contribution in [1.29, 1.82) is 0 Å². The first-order valence-electron chi connectivity index (χ1n) is 7.24. The highest BCUT2D eigenvalue weighted by molar-refractivity contribution is 5.89. The van der Waals surface area contributed by atoms with Crippen LogP contribution >= 0.6 is 0 Å². The van der Waals surface area contributed by atoms with E-state index in [1.165, 1.54) is 0 Å². The van der Waals surface area contributed by atoms with Crippen molar-refractivity contribution in [3.63, 3.8) is 0 Å². The van der Waals surface area contributed by atoms with E-state index in [1.54, 1.807) is 12.4 Å². The lowest BCUT2D eigenvalue weighted by Crippen LogP contribution is -2.35. The van der Waals surface area contributed by atoms with E-state index < -0.39 is 5.97 Å². The van der Waals surface area contributed by atoms with Gasteiger partial charge in [0.1, 0.15) is 0 Å². The normalized spacial score (nSPS) is 21.6. The number of carbonyl (C=O) groups is 2. The maximum atomic E-state index is 11.8. The SMILES string of the molecule is Cc1ccncc1NC(=O)NCC1CCC(C(=O)O)CC1. The van der Waals surface area contributed by atoms with Gasteiger partial charge in [0.25, 0.3) is 0 Å². The van der Waals surface area contributed by atoms with Crippen LogP contribution in [0.15, 0.2) is 18.5 Å². The van der Waals surface area contributed by atoms with Gasteiger partial charge in [0.05, 0.1) is 17.8 Å². The van der Waals surface area contributed by atoms with Gasteiger partial charge in [-0.15, -0.1) is 0 Å². The van der Waals surface area contributed by atoms with E-state index >= 15 is 0 Å². The highest BCUT2D eigenvalue weighted by Crippen LogP contribution is 2.28. The van der Waals surface area contributed by atoms with Gasteiger partial charge >= 0.3 is 12.0 Å². The standard InChI is InChI=1S/C15H21N3O3/c1-10-6-7-16-9-13(10)18-15(21)17-8-11-2-4-12(5-3-11)14(19)20/h6-7,9,11-12H,2-5,8H2,1H3,(H,19,20)(H2,17,18,21). The average Bonchev–Trinajstić information content (AvgIpc) is 2.48. The first-order valence-corrected chi connectivity index (χ1v) is 7.24. The van der Waals surface area contributed by atoms with Gasteiger partial charge in [0, 0.05) is 12.7 Å². The van der Waals surface area contributed by atoms with Gasteiger partial charge in [-0.1, -0.05) is 0 Å². The van der Waals surface area contributed by atoms with Crippen molar-refractivity contribution in [2.45, 2.75) is 32.6 Å². The van der Waals surface area contributed by atoms with Gasteiger partial charge < -0.3 is 15.7 Å². The molecule has 0 bridgehead atoms. The number of aryl methyl sites for hydroxylation is 1. The molecule has 0 spiro atoms.